The average Bonchev–Trinajstić information content (AvgIpc) is 2.70. The van der Waals surface area contributed by atoms with Gasteiger partial charge in [-0.3, -0.25) is 0 Å². The molecule has 2 aromatic rings. The van der Waals surface area contributed by atoms with Gasteiger partial charge in [-0.25, -0.2) is 4.79 Å². The van der Waals surface area contributed by atoms with E-state index in [0.29, 0.717) is 0 Å². The summed E-state index contributed by atoms with van der Waals surface area (Å²) in [4.78, 5) is 36.7. The van der Waals surface area contributed by atoms with Crippen LogP contribution in [0.3, 0.4) is 0 Å². The summed E-state index contributed by atoms with van der Waals surface area (Å²) in [6, 6.07) is 16.4. The van der Waals surface area contributed by atoms with Gasteiger partial charge < -0.3 is 14.6 Å². The molecule has 0 heterocycles. The van der Waals surface area contributed by atoms with Crippen molar-refractivity contribution in [2.24, 2.45) is 0 Å². The number of hydrogen-bond donors (Lipinski definition) is 1. The summed E-state index contributed by atoms with van der Waals surface area (Å²) in [5.74, 6) is -1.31. The first-order valence-corrected chi connectivity index (χ1v) is 8.37. The molecule has 0 aliphatic carbocycles. The van der Waals surface area contributed by atoms with Crippen molar-refractivity contribution in [3.8, 4) is 0 Å². The van der Waals surface area contributed by atoms with E-state index >= 15 is 0 Å². The molecule has 7 heteroatoms. The van der Waals surface area contributed by atoms with Crippen LogP contribution < -0.4 is 0 Å². The van der Waals surface area contributed by atoms with Crippen LogP contribution in [-0.2, 0) is 27.5 Å². The molecule has 2 amide bonds. The Morgan fingerprint density at radius 3 is 1.56 bits per heavy atom. The third-order valence-corrected chi connectivity index (χ3v) is 4.30. The lowest BCUT2D eigenvalue weighted by atomic mass is 10.2. The zero-order chi connectivity index (χ0) is 19.9. The van der Waals surface area contributed by atoms with Crippen LogP contribution in [0.1, 0.15) is 18.1 Å². The Morgan fingerprint density at radius 2 is 1.22 bits per heavy atom. The van der Waals surface area contributed by atoms with E-state index in [9.17, 15) is 19.5 Å². The molecule has 0 radical (unpaired) electrons. The van der Waals surface area contributed by atoms with Crippen LogP contribution in [0.5, 0.6) is 0 Å². The lowest BCUT2D eigenvalue weighted by Crippen LogP contribution is -2.62. The molecule has 0 unspecified atom stereocenters. The van der Waals surface area contributed by atoms with Crippen molar-refractivity contribution >= 4 is 18.2 Å². The molecule has 0 saturated carbocycles. The van der Waals surface area contributed by atoms with Gasteiger partial charge in [0, 0.05) is 6.92 Å². The number of carbonyl (C=O) groups is 3. The van der Waals surface area contributed by atoms with Crippen LogP contribution in [0.15, 0.2) is 60.7 Å². The van der Waals surface area contributed by atoms with Crippen molar-refractivity contribution in [3.63, 3.8) is 0 Å². The molecular weight excluding hydrogens is 350 g/mol. The van der Waals surface area contributed by atoms with Gasteiger partial charge in [0.05, 0.1) is 7.05 Å². The Morgan fingerprint density at radius 1 is 0.852 bits per heavy atom. The van der Waals surface area contributed by atoms with E-state index in [-0.39, 0.29) is 13.2 Å². The number of hydrogen-bond acceptors (Lipinski definition) is 5. The average molecular weight is 372 g/mol. The second-order valence-electron chi connectivity index (χ2n) is 6.17. The van der Waals surface area contributed by atoms with Gasteiger partial charge in [0.15, 0.2) is 0 Å². The molecule has 0 spiro atoms. The van der Waals surface area contributed by atoms with Gasteiger partial charge in [-0.05, 0) is 11.1 Å². The molecule has 0 aliphatic heterocycles. The summed E-state index contributed by atoms with van der Waals surface area (Å²) in [5.41, 5.74) is 1.44. The molecule has 0 bridgehead atoms. The molecular formula is C20H22NO6+. The number of carbonyl (C=O) groups excluding carboxylic acids is 2. The number of benzene rings is 2. The molecule has 7 nitrogen and oxygen atoms in total. The lowest BCUT2D eigenvalue weighted by molar-refractivity contribution is -0.781. The minimum atomic E-state index is -1.38. The first kappa shape index (κ1) is 20.1. The van der Waals surface area contributed by atoms with Gasteiger partial charge in [-0.1, -0.05) is 60.7 Å². The van der Waals surface area contributed by atoms with E-state index in [1.165, 1.54) is 14.0 Å². The van der Waals surface area contributed by atoms with Crippen LogP contribution in [0, 0.1) is 0 Å². The molecule has 2 aromatic carbocycles. The summed E-state index contributed by atoms with van der Waals surface area (Å²) >= 11 is 0. The summed E-state index contributed by atoms with van der Waals surface area (Å²) in [6.07, 6.45) is -1.99. The number of rotatable bonds is 6. The predicted molar refractivity (Wildman–Crippen MR) is 96.5 cm³/mol. The van der Waals surface area contributed by atoms with E-state index in [4.69, 9.17) is 9.47 Å². The SMILES string of the molecule is C[C@@H](C(=O)O)[N+](C)(C(=O)OCc1ccccc1)C(=O)OCc1ccccc1. The van der Waals surface area contributed by atoms with Gasteiger partial charge in [-0.2, -0.15) is 9.59 Å². The maximum atomic E-state index is 12.6. The number of likely N-dealkylation sites (N-methyl/N-ethyl adjacent to an activating group) is 1. The fourth-order valence-corrected chi connectivity index (χ4v) is 2.32. The maximum Gasteiger partial charge on any atom is 0.527 e. The van der Waals surface area contributed by atoms with Crippen molar-refractivity contribution in [2.45, 2.75) is 26.2 Å². The number of quaternary nitrogens is 1. The summed E-state index contributed by atoms with van der Waals surface area (Å²) in [5, 5.41) is 9.35. The van der Waals surface area contributed by atoms with Crippen LogP contribution in [0.4, 0.5) is 9.59 Å². The van der Waals surface area contributed by atoms with Crippen molar-refractivity contribution in [1.29, 1.82) is 0 Å². The predicted octanol–water partition coefficient (Wildman–Crippen LogP) is 3.58. The van der Waals surface area contributed by atoms with Crippen LogP contribution >= 0.6 is 0 Å². The fourth-order valence-electron chi connectivity index (χ4n) is 2.32. The zero-order valence-electron chi connectivity index (χ0n) is 15.2. The van der Waals surface area contributed by atoms with E-state index in [1.807, 2.05) is 12.1 Å². The van der Waals surface area contributed by atoms with Crippen molar-refractivity contribution in [3.05, 3.63) is 71.8 Å². The van der Waals surface area contributed by atoms with E-state index in [1.54, 1.807) is 48.5 Å². The number of imide groups is 1. The largest absolute Gasteiger partial charge is 0.527 e. The zero-order valence-corrected chi connectivity index (χ0v) is 15.2. The van der Waals surface area contributed by atoms with Crippen LogP contribution in [0.25, 0.3) is 0 Å². The highest BCUT2D eigenvalue weighted by Crippen LogP contribution is 2.19. The molecule has 1 atom stereocenters. The summed E-state index contributed by atoms with van der Waals surface area (Å²) < 4.78 is 9.26. The maximum absolute atomic E-state index is 12.6. The normalized spacial score (nSPS) is 12.1. The first-order chi connectivity index (χ1) is 12.9. The molecule has 2 rings (SSSR count). The molecule has 27 heavy (non-hydrogen) atoms. The van der Waals surface area contributed by atoms with Gasteiger partial charge in [0.25, 0.3) is 0 Å². The molecule has 1 N–H and O–H groups in total. The third-order valence-electron chi connectivity index (χ3n) is 4.30. The molecule has 0 aliphatic rings. The number of nitrogens with zero attached hydrogens (tertiary/aromatic N) is 1. The second-order valence-corrected chi connectivity index (χ2v) is 6.17. The lowest BCUT2D eigenvalue weighted by Gasteiger charge is -2.29. The molecule has 142 valence electrons. The second kappa shape index (κ2) is 8.95. The van der Waals surface area contributed by atoms with Crippen LogP contribution in [0.2, 0.25) is 0 Å². The number of ether oxygens (including phenoxy) is 2. The number of amides is 2. The Kier molecular flexibility index (Phi) is 6.67. The molecule has 0 saturated heterocycles. The summed E-state index contributed by atoms with van der Waals surface area (Å²) in [7, 11) is 1.18. The molecule has 0 fully saturated rings. The topological polar surface area (TPSA) is 89.9 Å². The monoisotopic (exact) mass is 372 g/mol. The van der Waals surface area contributed by atoms with Gasteiger partial charge in [0.1, 0.15) is 13.2 Å². The Balaban J connectivity index is 2.13. The first-order valence-electron chi connectivity index (χ1n) is 8.37. The van der Waals surface area contributed by atoms with Crippen molar-refractivity contribution in [2.75, 3.05) is 7.05 Å². The fraction of sp³-hybridized carbons (Fsp3) is 0.250. The molecule has 0 aromatic heterocycles. The summed E-state index contributed by atoms with van der Waals surface area (Å²) in [6.45, 7) is 1.10. The van der Waals surface area contributed by atoms with Crippen molar-refractivity contribution in [1.82, 2.24) is 0 Å². The highest BCUT2D eigenvalue weighted by molar-refractivity contribution is 5.82. The number of carboxylic acid groups (broad SMARTS) is 1. The quantitative estimate of drug-likeness (QED) is 0.780. The van der Waals surface area contributed by atoms with E-state index in [0.717, 1.165) is 11.1 Å². The Labute approximate surface area is 157 Å². The number of aliphatic carboxylic acids is 1. The highest BCUT2D eigenvalue weighted by Gasteiger charge is 2.52. The van der Waals surface area contributed by atoms with Gasteiger partial charge in [0.2, 0.25) is 6.04 Å². The smallest absolute Gasteiger partial charge is 0.477 e. The Hall–Kier alpha value is -3.19. The highest BCUT2D eigenvalue weighted by atomic mass is 16.6. The van der Waals surface area contributed by atoms with E-state index < -0.39 is 28.7 Å². The van der Waals surface area contributed by atoms with Crippen LogP contribution in [-0.4, -0.2) is 40.8 Å². The van der Waals surface area contributed by atoms with E-state index in [2.05, 4.69) is 0 Å². The van der Waals surface area contributed by atoms with Crippen molar-refractivity contribution < 1.29 is 33.4 Å². The minimum absolute atomic E-state index is 0.0776. The standard InChI is InChI=1S/C20H21NO6/c1-15(18(22)23)21(2,19(24)26-13-16-9-5-3-6-10-16)20(25)27-14-17-11-7-4-8-12-17/h3-12,15H,13-14H2,1-2H3/p+1/t15-/m0/s1. The third kappa shape index (κ3) is 4.92. The van der Waals surface area contributed by atoms with Gasteiger partial charge in [-0.15, -0.1) is 4.48 Å². The Bertz CT molecular complexity index is 735. The number of carboxylic acids is 1. The van der Waals surface area contributed by atoms with Gasteiger partial charge >= 0.3 is 18.2 Å². The minimum Gasteiger partial charge on any atom is -0.477 e.